The highest BCUT2D eigenvalue weighted by Crippen LogP contribution is 2.32. The maximum Gasteiger partial charge on any atom is 0.460 e. The smallest absolute Gasteiger partial charge is 0.386 e. The molecule has 0 atom stereocenters. The van der Waals surface area contributed by atoms with Crippen molar-refractivity contribution in [3.05, 3.63) is 0 Å². The zero-order chi connectivity index (χ0) is 10.6. The summed E-state index contributed by atoms with van der Waals surface area (Å²) in [5.74, 6) is 0. The average Bonchev–Trinajstić information content (AvgIpc) is 1.98. The number of hydrogen-bond donors (Lipinski definition) is 0. The minimum absolute atomic E-state index is 0.00340. The molecule has 2 nitrogen and oxygen atoms in total. The number of rotatable bonds is 5. The van der Waals surface area contributed by atoms with Crippen LogP contribution in [0.1, 0.15) is 40.0 Å². The van der Waals surface area contributed by atoms with Gasteiger partial charge >= 0.3 is 7.12 Å². The molecule has 14 heavy (non-hydrogen) atoms. The molecule has 1 aliphatic rings. The predicted molar refractivity (Wildman–Crippen MR) is 63.6 cm³/mol. The summed E-state index contributed by atoms with van der Waals surface area (Å²) in [6, 6.07) is 0. The predicted octanol–water partition coefficient (Wildman–Crippen LogP) is 3.46. The quantitative estimate of drug-likeness (QED) is 0.429. The van der Waals surface area contributed by atoms with Crippen molar-refractivity contribution in [2.45, 2.75) is 52.6 Å². The molecular weight excluding hydrogens is 243 g/mol. The molecule has 0 unspecified atom stereocenters. The van der Waals surface area contributed by atoms with Gasteiger partial charge in [0.15, 0.2) is 0 Å². The second-order valence-corrected chi connectivity index (χ2v) is 5.73. The van der Waals surface area contributed by atoms with E-state index in [2.05, 4.69) is 36.7 Å². The van der Waals surface area contributed by atoms with E-state index in [1.807, 2.05) is 0 Å². The Hall–Kier alpha value is 0.465. The topological polar surface area (TPSA) is 18.5 Å². The first-order valence-electron chi connectivity index (χ1n) is 5.41. The van der Waals surface area contributed by atoms with E-state index in [-0.39, 0.29) is 18.8 Å². The maximum atomic E-state index is 5.65. The second kappa shape index (κ2) is 5.52. The van der Waals surface area contributed by atoms with E-state index in [0.29, 0.717) is 0 Å². The number of unbranched alkanes of at least 4 members (excludes halogenated alkanes) is 2. The van der Waals surface area contributed by atoms with Crippen LogP contribution in [0.2, 0.25) is 6.32 Å². The molecule has 0 bridgehead atoms. The van der Waals surface area contributed by atoms with Crippen LogP contribution in [0.3, 0.4) is 0 Å². The number of halogens is 1. The van der Waals surface area contributed by atoms with Gasteiger partial charge < -0.3 is 9.31 Å². The molecule has 0 aromatic rings. The molecule has 1 saturated heterocycles. The van der Waals surface area contributed by atoms with Gasteiger partial charge in [-0.25, -0.2) is 0 Å². The monoisotopic (exact) mass is 262 g/mol. The van der Waals surface area contributed by atoms with Crippen molar-refractivity contribution in [2.24, 2.45) is 5.41 Å². The fraction of sp³-hybridized carbons (Fsp3) is 1.00. The fourth-order valence-corrected chi connectivity index (χ4v) is 1.81. The highest BCUT2D eigenvalue weighted by Gasteiger charge is 2.42. The molecule has 0 saturated carbocycles. The minimum Gasteiger partial charge on any atom is -0.386 e. The van der Waals surface area contributed by atoms with E-state index in [1.165, 1.54) is 19.3 Å². The van der Waals surface area contributed by atoms with Crippen LogP contribution in [0.4, 0.5) is 0 Å². The molecular formula is C10H20BBrO2. The highest BCUT2D eigenvalue weighted by atomic mass is 79.9. The van der Waals surface area contributed by atoms with Crippen LogP contribution in [0.5, 0.6) is 0 Å². The molecule has 0 aromatic heterocycles. The third kappa shape index (κ3) is 3.91. The van der Waals surface area contributed by atoms with Gasteiger partial charge in [0, 0.05) is 10.7 Å². The highest BCUT2D eigenvalue weighted by molar-refractivity contribution is 9.09. The molecule has 0 aromatic carbocycles. The lowest BCUT2D eigenvalue weighted by Crippen LogP contribution is -2.51. The molecule has 0 radical (unpaired) electrons. The molecule has 4 heteroatoms. The van der Waals surface area contributed by atoms with E-state index in [0.717, 1.165) is 11.7 Å². The molecule has 1 rings (SSSR count). The van der Waals surface area contributed by atoms with Gasteiger partial charge in [-0.15, -0.1) is 0 Å². The van der Waals surface area contributed by atoms with Crippen molar-refractivity contribution in [1.82, 2.24) is 0 Å². The van der Waals surface area contributed by atoms with Crippen molar-refractivity contribution in [3.63, 3.8) is 0 Å². The standard InChI is InChI=1S/C10H20BBrO2/c1-10(2,3)9-13-11(14-9)7-5-4-6-8-12/h9H,4-8H2,1-3H3. The van der Waals surface area contributed by atoms with E-state index < -0.39 is 0 Å². The van der Waals surface area contributed by atoms with Crippen molar-refractivity contribution < 1.29 is 9.31 Å². The summed E-state index contributed by atoms with van der Waals surface area (Å²) in [6.07, 6.45) is 4.75. The second-order valence-electron chi connectivity index (χ2n) is 4.94. The molecule has 0 aliphatic carbocycles. The zero-order valence-corrected chi connectivity index (χ0v) is 11.0. The van der Waals surface area contributed by atoms with E-state index in [9.17, 15) is 0 Å². The van der Waals surface area contributed by atoms with E-state index in [1.54, 1.807) is 0 Å². The lowest BCUT2D eigenvalue weighted by Gasteiger charge is -2.42. The maximum absolute atomic E-state index is 5.65. The van der Waals surface area contributed by atoms with Crippen LogP contribution in [-0.2, 0) is 9.31 Å². The van der Waals surface area contributed by atoms with Crippen molar-refractivity contribution in [2.75, 3.05) is 5.33 Å². The Morgan fingerprint density at radius 1 is 1.14 bits per heavy atom. The van der Waals surface area contributed by atoms with Crippen molar-refractivity contribution in [3.8, 4) is 0 Å². The Labute approximate surface area is 96.0 Å². The van der Waals surface area contributed by atoms with Gasteiger partial charge in [0.2, 0.25) is 0 Å². The zero-order valence-electron chi connectivity index (χ0n) is 9.38. The SMILES string of the molecule is CC(C)(C)C1OB(CCCCCBr)O1. The van der Waals surface area contributed by atoms with Crippen molar-refractivity contribution in [1.29, 1.82) is 0 Å². The molecule has 0 spiro atoms. The Morgan fingerprint density at radius 2 is 1.79 bits per heavy atom. The third-order valence-electron chi connectivity index (χ3n) is 2.33. The van der Waals surface area contributed by atoms with Gasteiger partial charge in [-0.05, 0) is 12.7 Å². The van der Waals surface area contributed by atoms with Gasteiger partial charge in [0.25, 0.3) is 0 Å². The van der Waals surface area contributed by atoms with Gasteiger partial charge in [-0.2, -0.15) is 0 Å². The Bertz CT molecular complexity index is 164. The minimum atomic E-state index is 0.00340. The van der Waals surface area contributed by atoms with Crippen LogP contribution in [0, 0.1) is 5.41 Å². The van der Waals surface area contributed by atoms with E-state index in [4.69, 9.17) is 9.31 Å². The van der Waals surface area contributed by atoms with Gasteiger partial charge in [0.05, 0.1) is 0 Å². The van der Waals surface area contributed by atoms with Crippen LogP contribution < -0.4 is 0 Å². The first-order chi connectivity index (χ1) is 6.54. The average molecular weight is 263 g/mol. The van der Waals surface area contributed by atoms with Gasteiger partial charge in [-0.1, -0.05) is 49.5 Å². The number of hydrogen-bond acceptors (Lipinski definition) is 2. The Balaban J connectivity index is 1.99. The van der Waals surface area contributed by atoms with E-state index >= 15 is 0 Å². The summed E-state index contributed by atoms with van der Waals surface area (Å²) < 4.78 is 11.3. The Morgan fingerprint density at radius 3 is 2.29 bits per heavy atom. The van der Waals surface area contributed by atoms with Crippen LogP contribution in [0.15, 0.2) is 0 Å². The summed E-state index contributed by atoms with van der Waals surface area (Å²) in [4.78, 5) is 0. The van der Waals surface area contributed by atoms with Gasteiger partial charge in [0.1, 0.15) is 6.29 Å². The van der Waals surface area contributed by atoms with Crippen LogP contribution in [-0.4, -0.2) is 18.7 Å². The fourth-order valence-electron chi connectivity index (χ4n) is 1.41. The first-order valence-corrected chi connectivity index (χ1v) is 6.53. The lowest BCUT2D eigenvalue weighted by atomic mass is 9.76. The Kier molecular flexibility index (Phi) is 4.94. The number of alkyl halides is 1. The molecule has 82 valence electrons. The normalized spacial score (nSPS) is 18.4. The molecule has 1 heterocycles. The van der Waals surface area contributed by atoms with Crippen LogP contribution in [0.25, 0.3) is 0 Å². The molecule has 0 N–H and O–H groups in total. The van der Waals surface area contributed by atoms with Crippen LogP contribution >= 0.6 is 15.9 Å². The summed E-state index contributed by atoms with van der Waals surface area (Å²) in [5.41, 5.74) is 0.117. The molecule has 1 fully saturated rings. The summed E-state index contributed by atoms with van der Waals surface area (Å²) in [7, 11) is 0.0644. The van der Waals surface area contributed by atoms with Crippen molar-refractivity contribution >= 4 is 23.0 Å². The first kappa shape index (κ1) is 12.5. The summed E-state index contributed by atoms with van der Waals surface area (Å²) >= 11 is 3.42. The van der Waals surface area contributed by atoms with Gasteiger partial charge in [-0.3, -0.25) is 0 Å². The third-order valence-corrected chi connectivity index (χ3v) is 2.89. The largest absolute Gasteiger partial charge is 0.460 e. The summed E-state index contributed by atoms with van der Waals surface area (Å²) in [5, 5.41) is 1.10. The lowest BCUT2D eigenvalue weighted by molar-refractivity contribution is -0.173. The summed E-state index contributed by atoms with van der Waals surface area (Å²) in [6.45, 7) is 6.41. The molecule has 1 aliphatic heterocycles. The molecule has 0 amide bonds.